The molecule has 0 aromatic carbocycles. The topological polar surface area (TPSA) is 90.1 Å². The number of furan rings is 1. The molecular formula is C18H18N4O3. The first-order valence-corrected chi connectivity index (χ1v) is 7.77. The summed E-state index contributed by atoms with van der Waals surface area (Å²) in [6, 6.07) is 6.59. The molecule has 0 aliphatic heterocycles. The van der Waals surface area contributed by atoms with Gasteiger partial charge in [-0.25, -0.2) is 9.97 Å². The Kier molecular flexibility index (Phi) is 4.74. The number of nitrogens with one attached hydrogen (secondary N) is 1. The molecule has 3 aromatic rings. The molecule has 7 nitrogen and oxygen atoms in total. The number of amides is 1. The van der Waals surface area contributed by atoms with Gasteiger partial charge in [0.25, 0.3) is 11.9 Å². The number of aromatic nitrogens is 3. The van der Waals surface area contributed by atoms with Crippen LogP contribution in [0.15, 0.2) is 47.3 Å². The van der Waals surface area contributed by atoms with Gasteiger partial charge in [-0.1, -0.05) is 0 Å². The summed E-state index contributed by atoms with van der Waals surface area (Å²) in [6.45, 7) is 3.76. The van der Waals surface area contributed by atoms with Gasteiger partial charge in [0.2, 0.25) is 0 Å². The molecule has 128 valence electrons. The van der Waals surface area contributed by atoms with Gasteiger partial charge in [-0.15, -0.1) is 0 Å². The van der Waals surface area contributed by atoms with Gasteiger partial charge in [-0.05, 0) is 32.0 Å². The molecule has 0 saturated heterocycles. The highest BCUT2D eigenvalue weighted by Gasteiger charge is 2.18. The van der Waals surface area contributed by atoms with E-state index in [-0.39, 0.29) is 17.7 Å². The highest BCUT2D eigenvalue weighted by Crippen LogP contribution is 2.21. The van der Waals surface area contributed by atoms with Crippen LogP contribution in [0.5, 0.6) is 5.95 Å². The minimum Gasteiger partial charge on any atom is -0.468 e. The van der Waals surface area contributed by atoms with Crippen LogP contribution in [-0.4, -0.2) is 28.0 Å². The summed E-state index contributed by atoms with van der Waals surface area (Å²) in [6.07, 6.45) is 5.12. The molecule has 0 bridgehead atoms. The van der Waals surface area contributed by atoms with Crippen molar-refractivity contribution in [3.05, 3.63) is 59.9 Å². The lowest BCUT2D eigenvalue weighted by molar-refractivity contribution is 0.0905. The van der Waals surface area contributed by atoms with Crippen molar-refractivity contribution in [2.24, 2.45) is 0 Å². The van der Waals surface area contributed by atoms with Crippen LogP contribution in [0, 0.1) is 6.92 Å². The Hall–Kier alpha value is -3.22. The second kappa shape index (κ2) is 7.12. The SMILES string of the molecule is COc1ccc(C(=O)NC(C)c2cnc(-c3ccncc3)nc2C)o1. The number of aryl methyl sites for hydroxylation is 1. The van der Waals surface area contributed by atoms with Crippen molar-refractivity contribution >= 4 is 5.91 Å². The Morgan fingerprint density at radius 3 is 2.64 bits per heavy atom. The molecule has 0 spiro atoms. The van der Waals surface area contributed by atoms with E-state index in [9.17, 15) is 4.79 Å². The Morgan fingerprint density at radius 2 is 2.00 bits per heavy atom. The fraction of sp³-hybridized carbons (Fsp3) is 0.222. The second-order valence-corrected chi connectivity index (χ2v) is 5.49. The standard InChI is InChI=1S/C18H18N4O3/c1-11-14(10-20-17(21-11)13-6-8-19-9-7-13)12(2)22-18(23)15-4-5-16(24-3)25-15/h4-10,12H,1-3H3,(H,22,23). The fourth-order valence-electron chi connectivity index (χ4n) is 2.44. The molecule has 3 rings (SSSR count). The average molecular weight is 338 g/mol. The van der Waals surface area contributed by atoms with Crippen molar-refractivity contribution < 1.29 is 13.9 Å². The lowest BCUT2D eigenvalue weighted by atomic mass is 10.1. The maximum atomic E-state index is 12.2. The van der Waals surface area contributed by atoms with Gasteiger partial charge in [-0.3, -0.25) is 9.78 Å². The first-order valence-electron chi connectivity index (χ1n) is 7.77. The predicted octanol–water partition coefficient (Wildman–Crippen LogP) is 2.94. The van der Waals surface area contributed by atoms with E-state index >= 15 is 0 Å². The zero-order valence-corrected chi connectivity index (χ0v) is 14.2. The van der Waals surface area contributed by atoms with Gasteiger partial charge >= 0.3 is 0 Å². The van der Waals surface area contributed by atoms with E-state index in [1.165, 1.54) is 7.11 Å². The van der Waals surface area contributed by atoms with Crippen LogP contribution in [0.25, 0.3) is 11.4 Å². The van der Waals surface area contributed by atoms with E-state index in [4.69, 9.17) is 9.15 Å². The first kappa shape index (κ1) is 16.6. The Bertz CT molecular complexity index is 877. The fourth-order valence-corrected chi connectivity index (χ4v) is 2.44. The molecular weight excluding hydrogens is 320 g/mol. The summed E-state index contributed by atoms with van der Waals surface area (Å²) in [7, 11) is 1.48. The van der Waals surface area contributed by atoms with Crippen molar-refractivity contribution in [3.8, 4) is 17.3 Å². The normalized spacial score (nSPS) is 11.8. The smallest absolute Gasteiger partial charge is 0.287 e. The van der Waals surface area contributed by atoms with Crippen molar-refractivity contribution in [1.82, 2.24) is 20.3 Å². The lowest BCUT2D eigenvalue weighted by Crippen LogP contribution is -2.27. The predicted molar refractivity (Wildman–Crippen MR) is 91.1 cm³/mol. The van der Waals surface area contributed by atoms with Crippen molar-refractivity contribution in [3.63, 3.8) is 0 Å². The number of carbonyl (C=O) groups excluding carboxylic acids is 1. The van der Waals surface area contributed by atoms with E-state index in [1.807, 2.05) is 26.0 Å². The number of rotatable bonds is 5. The van der Waals surface area contributed by atoms with Crippen LogP contribution in [-0.2, 0) is 0 Å². The van der Waals surface area contributed by atoms with Crippen LogP contribution in [0.3, 0.4) is 0 Å². The van der Waals surface area contributed by atoms with Gasteiger partial charge in [-0.2, -0.15) is 0 Å². The molecule has 1 amide bonds. The van der Waals surface area contributed by atoms with Crippen molar-refractivity contribution in [2.75, 3.05) is 7.11 Å². The number of carbonyl (C=O) groups is 1. The molecule has 3 heterocycles. The van der Waals surface area contributed by atoms with E-state index in [0.717, 1.165) is 16.8 Å². The summed E-state index contributed by atoms with van der Waals surface area (Å²) < 4.78 is 10.2. The molecule has 0 radical (unpaired) electrons. The number of ether oxygens (including phenoxy) is 1. The Morgan fingerprint density at radius 1 is 1.24 bits per heavy atom. The number of hydrogen-bond donors (Lipinski definition) is 1. The summed E-state index contributed by atoms with van der Waals surface area (Å²) >= 11 is 0. The third kappa shape index (κ3) is 3.65. The van der Waals surface area contributed by atoms with Crippen LogP contribution in [0.4, 0.5) is 0 Å². The van der Waals surface area contributed by atoms with E-state index < -0.39 is 0 Å². The van der Waals surface area contributed by atoms with E-state index in [2.05, 4.69) is 20.3 Å². The average Bonchev–Trinajstić information content (AvgIpc) is 3.11. The second-order valence-electron chi connectivity index (χ2n) is 5.49. The molecule has 7 heteroatoms. The van der Waals surface area contributed by atoms with Crippen molar-refractivity contribution in [1.29, 1.82) is 0 Å². The minimum atomic E-state index is -0.326. The first-order chi connectivity index (χ1) is 12.1. The Balaban J connectivity index is 1.76. The maximum absolute atomic E-state index is 12.2. The molecule has 0 fully saturated rings. The Labute approximate surface area is 145 Å². The van der Waals surface area contributed by atoms with E-state index in [1.54, 1.807) is 30.7 Å². The van der Waals surface area contributed by atoms with Gasteiger partial charge in [0, 0.05) is 41.5 Å². The van der Waals surface area contributed by atoms with Gasteiger partial charge in [0.1, 0.15) is 0 Å². The summed E-state index contributed by atoms with van der Waals surface area (Å²) in [4.78, 5) is 25.2. The molecule has 25 heavy (non-hydrogen) atoms. The van der Waals surface area contributed by atoms with Crippen LogP contribution in [0.2, 0.25) is 0 Å². The van der Waals surface area contributed by atoms with Gasteiger partial charge < -0.3 is 14.5 Å². The van der Waals surface area contributed by atoms with E-state index in [0.29, 0.717) is 11.8 Å². The minimum absolute atomic E-state index is 0.190. The number of pyridine rings is 1. The summed E-state index contributed by atoms with van der Waals surface area (Å²) in [5.41, 5.74) is 2.53. The van der Waals surface area contributed by atoms with Crippen LogP contribution < -0.4 is 10.1 Å². The monoisotopic (exact) mass is 338 g/mol. The van der Waals surface area contributed by atoms with Gasteiger partial charge in [0.05, 0.1) is 13.2 Å². The highest BCUT2D eigenvalue weighted by molar-refractivity contribution is 5.91. The molecule has 1 N–H and O–H groups in total. The van der Waals surface area contributed by atoms with Crippen LogP contribution in [0.1, 0.15) is 34.8 Å². The van der Waals surface area contributed by atoms with Gasteiger partial charge in [0.15, 0.2) is 11.6 Å². The lowest BCUT2D eigenvalue weighted by Gasteiger charge is -2.15. The molecule has 0 saturated carbocycles. The van der Waals surface area contributed by atoms with Crippen molar-refractivity contribution in [2.45, 2.75) is 19.9 Å². The largest absolute Gasteiger partial charge is 0.468 e. The number of nitrogens with zero attached hydrogens (tertiary/aromatic N) is 3. The zero-order valence-electron chi connectivity index (χ0n) is 14.2. The molecule has 1 atom stereocenters. The molecule has 0 aliphatic carbocycles. The maximum Gasteiger partial charge on any atom is 0.287 e. The summed E-state index contributed by atoms with van der Waals surface area (Å²) in [5, 5.41) is 2.87. The summed E-state index contributed by atoms with van der Waals surface area (Å²) in [5.74, 6) is 0.779. The zero-order chi connectivity index (χ0) is 17.8. The quantitative estimate of drug-likeness (QED) is 0.769. The third-order valence-corrected chi connectivity index (χ3v) is 3.78. The number of hydrogen-bond acceptors (Lipinski definition) is 6. The van der Waals surface area contributed by atoms with Crippen LogP contribution >= 0.6 is 0 Å². The highest BCUT2D eigenvalue weighted by atomic mass is 16.6. The molecule has 3 aromatic heterocycles. The molecule has 1 unspecified atom stereocenters. The number of methoxy groups -OCH3 is 1. The third-order valence-electron chi connectivity index (χ3n) is 3.78. The molecule has 0 aliphatic rings.